The Bertz CT molecular complexity index is 607. The second-order valence-electron chi connectivity index (χ2n) is 5.63. The van der Waals surface area contributed by atoms with Crippen molar-refractivity contribution >= 4 is 22.7 Å². The fourth-order valence-electron chi connectivity index (χ4n) is 2.90. The van der Waals surface area contributed by atoms with Gasteiger partial charge in [-0.1, -0.05) is 18.5 Å². The summed E-state index contributed by atoms with van der Waals surface area (Å²) in [6.45, 7) is 4.38. The zero-order valence-corrected chi connectivity index (χ0v) is 12.2. The van der Waals surface area contributed by atoms with Gasteiger partial charge in [-0.2, -0.15) is 0 Å². The van der Waals surface area contributed by atoms with E-state index in [-0.39, 0.29) is 10.8 Å². The largest absolute Gasteiger partial charge is 0.439 e. The lowest BCUT2D eigenvalue weighted by atomic mass is 9.85. The number of nitrogens with one attached hydrogen (secondary N) is 1. The van der Waals surface area contributed by atoms with E-state index in [0.29, 0.717) is 28.8 Å². The molecule has 1 aliphatic heterocycles. The van der Waals surface area contributed by atoms with Gasteiger partial charge in [-0.05, 0) is 43.8 Å². The normalized spacial score (nSPS) is 21.2. The summed E-state index contributed by atoms with van der Waals surface area (Å²) in [4.78, 5) is 4.36. The van der Waals surface area contributed by atoms with E-state index in [0.717, 1.165) is 19.5 Å². The average Bonchev–Trinajstić information content (AvgIpc) is 2.82. The Hall–Kier alpha value is -1.13. The third kappa shape index (κ3) is 2.81. The van der Waals surface area contributed by atoms with Crippen LogP contribution < -0.4 is 5.32 Å². The van der Waals surface area contributed by atoms with Gasteiger partial charge in [-0.3, -0.25) is 0 Å². The predicted molar refractivity (Wildman–Crippen MR) is 77.4 cm³/mol. The number of piperidine rings is 1. The second kappa shape index (κ2) is 5.70. The Kier molecular flexibility index (Phi) is 3.94. The lowest BCUT2D eigenvalue weighted by Crippen LogP contribution is -2.33. The quantitative estimate of drug-likeness (QED) is 0.936. The minimum atomic E-state index is -0.383. The van der Waals surface area contributed by atoms with Crippen LogP contribution in [-0.4, -0.2) is 18.1 Å². The van der Waals surface area contributed by atoms with Gasteiger partial charge < -0.3 is 9.73 Å². The van der Waals surface area contributed by atoms with Crippen molar-refractivity contribution in [1.82, 2.24) is 10.3 Å². The van der Waals surface area contributed by atoms with E-state index in [1.54, 1.807) is 0 Å². The van der Waals surface area contributed by atoms with E-state index in [4.69, 9.17) is 16.0 Å². The van der Waals surface area contributed by atoms with Crippen LogP contribution in [0.4, 0.5) is 4.39 Å². The molecule has 108 valence electrons. The predicted octanol–water partition coefficient (Wildman–Crippen LogP) is 3.80. The molecule has 20 heavy (non-hydrogen) atoms. The maximum atomic E-state index is 13.3. The van der Waals surface area contributed by atoms with Crippen molar-refractivity contribution < 1.29 is 8.81 Å². The number of hydrogen-bond acceptors (Lipinski definition) is 3. The third-order valence-corrected chi connectivity index (χ3v) is 4.37. The molecule has 2 atom stereocenters. The highest BCUT2D eigenvalue weighted by atomic mass is 35.5. The highest BCUT2D eigenvalue weighted by Crippen LogP contribution is 2.28. The molecule has 0 saturated carbocycles. The molecule has 1 saturated heterocycles. The van der Waals surface area contributed by atoms with Crippen LogP contribution >= 0.6 is 11.6 Å². The highest BCUT2D eigenvalue weighted by molar-refractivity contribution is 6.34. The number of rotatable bonds is 3. The summed E-state index contributed by atoms with van der Waals surface area (Å²) in [5, 5.41) is 3.71. The molecule has 1 aliphatic rings. The topological polar surface area (TPSA) is 38.1 Å². The molecule has 0 bridgehead atoms. The monoisotopic (exact) mass is 296 g/mol. The summed E-state index contributed by atoms with van der Waals surface area (Å²) in [5.41, 5.74) is 0.982. The standard InChI is InChI=1S/C15H18ClFN2O/c1-9(10-3-2-4-18-8-10)5-14-19-13-7-11(17)6-12(16)15(13)20-14/h6-7,9-10,18H,2-5,8H2,1H3. The maximum Gasteiger partial charge on any atom is 0.195 e. The van der Waals surface area contributed by atoms with E-state index in [9.17, 15) is 4.39 Å². The molecule has 3 rings (SSSR count). The van der Waals surface area contributed by atoms with Crippen LogP contribution in [0.2, 0.25) is 5.02 Å². The van der Waals surface area contributed by atoms with Gasteiger partial charge in [0.15, 0.2) is 11.5 Å². The molecule has 2 heterocycles. The minimum absolute atomic E-state index is 0.283. The fourth-order valence-corrected chi connectivity index (χ4v) is 3.14. The molecular formula is C15H18ClFN2O. The molecule has 1 fully saturated rings. The smallest absolute Gasteiger partial charge is 0.195 e. The summed E-state index contributed by atoms with van der Waals surface area (Å²) < 4.78 is 19.0. The average molecular weight is 297 g/mol. The molecule has 0 amide bonds. The van der Waals surface area contributed by atoms with Gasteiger partial charge in [0.05, 0.1) is 5.02 Å². The van der Waals surface area contributed by atoms with Crippen molar-refractivity contribution in [3.8, 4) is 0 Å². The molecular weight excluding hydrogens is 279 g/mol. The van der Waals surface area contributed by atoms with Crippen LogP contribution in [-0.2, 0) is 6.42 Å². The van der Waals surface area contributed by atoms with Crippen LogP contribution in [0, 0.1) is 17.7 Å². The first-order valence-electron chi connectivity index (χ1n) is 7.08. The van der Waals surface area contributed by atoms with Crippen molar-refractivity contribution in [3.63, 3.8) is 0 Å². The molecule has 0 spiro atoms. The summed E-state index contributed by atoms with van der Waals surface area (Å²) in [5.74, 6) is 1.39. The van der Waals surface area contributed by atoms with E-state index < -0.39 is 0 Å². The van der Waals surface area contributed by atoms with Crippen LogP contribution in [0.5, 0.6) is 0 Å². The second-order valence-corrected chi connectivity index (χ2v) is 6.04. The molecule has 1 N–H and O–H groups in total. The van der Waals surface area contributed by atoms with Crippen LogP contribution in [0.1, 0.15) is 25.7 Å². The summed E-state index contributed by atoms with van der Waals surface area (Å²) in [6, 6.07) is 2.62. The number of fused-ring (bicyclic) bond motifs is 1. The van der Waals surface area contributed by atoms with Crippen molar-refractivity contribution in [2.75, 3.05) is 13.1 Å². The van der Waals surface area contributed by atoms with Crippen molar-refractivity contribution in [2.45, 2.75) is 26.2 Å². The lowest BCUT2D eigenvalue weighted by Gasteiger charge is -2.27. The van der Waals surface area contributed by atoms with Gasteiger partial charge in [-0.25, -0.2) is 9.37 Å². The van der Waals surface area contributed by atoms with Gasteiger partial charge in [0, 0.05) is 12.5 Å². The maximum absolute atomic E-state index is 13.3. The number of hydrogen-bond donors (Lipinski definition) is 1. The number of halogens is 2. The lowest BCUT2D eigenvalue weighted by molar-refractivity contribution is 0.267. The third-order valence-electron chi connectivity index (χ3n) is 4.09. The Labute approximate surface area is 122 Å². The van der Waals surface area contributed by atoms with Gasteiger partial charge in [0.25, 0.3) is 0 Å². The first-order valence-corrected chi connectivity index (χ1v) is 7.46. The zero-order chi connectivity index (χ0) is 14.1. The molecule has 0 radical (unpaired) electrons. The number of benzene rings is 1. The van der Waals surface area contributed by atoms with E-state index in [1.165, 1.54) is 25.0 Å². The minimum Gasteiger partial charge on any atom is -0.439 e. The van der Waals surface area contributed by atoms with Gasteiger partial charge >= 0.3 is 0 Å². The van der Waals surface area contributed by atoms with Gasteiger partial charge in [0.2, 0.25) is 0 Å². The number of aromatic nitrogens is 1. The first-order chi connectivity index (χ1) is 9.63. The van der Waals surface area contributed by atoms with Crippen molar-refractivity contribution in [1.29, 1.82) is 0 Å². The molecule has 3 nitrogen and oxygen atoms in total. The van der Waals surface area contributed by atoms with Crippen molar-refractivity contribution in [2.24, 2.45) is 11.8 Å². The molecule has 2 aromatic rings. The highest BCUT2D eigenvalue weighted by Gasteiger charge is 2.22. The first kappa shape index (κ1) is 13.8. The molecule has 1 aromatic heterocycles. The van der Waals surface area contributed by atoms with Crippen LogP contribution in [0.3, 0.4) is 0 Å². The summed E-state index contributed by atoms with van der Waals surface area (Å²) in [6.07, 6.45) is 3.22. The van der Waals surface area contributed by atoms with Crippen molar-refractivity contribution in [3.05, 3.63) is 28.9 Å². The van der Waals surface area contributed by atoms with E-state index in [2.05, 4.69) is 17.2 Å². The fraction of sp³-hybridized carbons (Fsp3) is 0.533. The van der Waals surface area contributed by atoms with Gasteiger partial charge in [-0.15, -0.1) is 0 Å². The van der Waals surface area contributed by atoms with Gasteiger partial charge in [0.1, 0.15) is 11.3 Å². The van der Waals surface area contributed by atoms with E-state index >= 15 is 0 Å². The number of oxazole rings is 1. The summed E-state index contributed by atoms with van der Waals surface area (Å²) >= 11 is 5.98. The molecule has 2 unspecified atom stereocenters. The molecule has 5 heteroatoms. The SMILES string of the molecule is CC(Cc1nc2cc(F)cc(Cl)c2o1)C1CCCNC1. The summed E-state index contributed by atoms with van der Waals surface area (Å²) in [7, 11) is 0. The molecule has 0 aliphatic carbocycles. The van der Waals surface area contributed by atoms with E-state index in [1.807, 2.05) is 0 Å². The van der Waals surface area contributed by atoms with Crippen LogP contribution in [0.15, 0.2) is 16.5 Å². The number of nitrogens with zero attached hydrogens (tertiary/aromatic N) is 1. The Morgan fingerprint density at radius 1 is 1.55 bits per heavy atom. The Morgan fingerprint density at radius 2 is 2.40 bits per heavy atom. The Balaban J connectivity index is 1.78. The zero-order valence-electron chi connectivity index (χ0n) is 11.5. The molecule has 1 aromatic carbocycles. The van der Waals surface area contributed by atoms with Crippen LogP contribution in [0.25, 0.3) is 11.1 Å². The Morgan fingerprint density at radius 3 is 3.15 bits per heavy atom.